The summed E-state index contributed by atoms with van der Waals surface area (Å²) in [5.74, 6) is 2.49. The Labute approximate surface area is 148 Å². The van der Waals surface area contributed by atoms with Gasteiger partial charge in [-0.05, 0) is 74.9 Å². The standard InChI is InChI=1S/C20H26N2O3/c23-20-13-16(6-9-21-20)15-7-10-22(11-8-15)14-17-4-5-19(25-17)18-3-1-2-12-24-18/h4-6,9,13,15,18H,1-3,7-8,10-12,14H2,(H,21,23). The second-order valence-corrected chi connectivity index (χ2v) is 7.20. The molecule has 5 heteroatoms. The van der Waals surface area contributed by atoms with E-state index in [0.29, 0.717) is 5.92 Å². The van der Waals surface area contributed by atoms with Gasteiger partial charge in [0.25, 0.3) is 0 Å². The number of H-pyrrole nitrogens is 1. The molecule has 0 aliphatic carbocycles. The first-order chi connectivity index (χ1) is 12.3. The molecule has 1 atom stereocenters. The summed E-state index contributed by atoms with van der Waals surface area (Å²) in [7, 11) is 0. The Hall–Kier alpha value is -1.85. The molecule has 25 heavy (non-hydrogen) atoms. The highest BCUT2D eigenvalue weighted by atomic mass is 16.5. The third-order valence-electron chi connectivity index (χ3n) is 5.42. The smallest absolute Gasteiger partial charge is 0.248 e. The third kappa shape index (κ3) is 4.05. The number of hydrogen-bond donors (Lipinski definition) is 1. The van der Waals surface area contributed by atoms with Gasteiger partial charge in [-0.15, -0.1) is 0 Å². The minimum atomic E-state index is -0.00650. The average molecular weight is 342 g/mol. The van der Waals surface area contributed by atoms with Crippen LogP contribution in [0.2, 0.25) is 0 Å². The quantitative estimate of drug-likeness (QED) is 0.922. The number of nitrogens with one attached hydrogen (secondary N) is 1. The lowest BCUT2D eigenvalue weighted by Crippen LogP contribution is -2.32. The second-order valence-electron chi connectivity index (χ2n) is 7.20. The van der Waals surface area contributed by atoms with Crippen LogP contribution in [-0.4, -0.2) is 29.6 Å². The fourth-order valence-electron chi connectivity index (χ4n) is 3.98. The number of aromatic amines is 1. The topological polar surface area (TPSA) is 58.5 Å². The number of pyridine rings is 1. The van der Waals surface area contributed by atoms with Crippen molar-refractivity contribution in [3.63, 3.8) is 0 Å². The number of likely N-dealkylation sites (tertiary alicyclic amines) is 1. The number of hydrogen-bond acceptors (Lipinski definition) is 4. The Kier molecular flexibility index (Phi) is 5.04. The average Bonchev–Trinajstić information content (AvgIpc) is 3.12. The van der Waals surface area contributed by atoms with Gasteiger partial charge >= 0.3 is 0 Å². The number of piperidine rings is 1. The lowest BCUT2D eigenvalue weighted by atomic mass is 9.90. The van der Waals surface area contributed by atoms with Gasteiger partial charge in [0.15, 0.2) is 0 Å². The lowest BCUT2D eigenvalue weighted by Gasteiger charge is -2.31. The monoisotopic (exact) mass is 342 g/mol. The van der Waals surface area contributed by atoms with Crippen molar-refractivity contribution < 1.29 is 9.15 Å². The molecule has 1 N–H and O–H groups in total. The summed E-state index contributed by atoms with van der Waals surface area (Å²) in [4.78, 5) is 16.6. The van der Waals surface area contributed by atoms with Crippen molar-refractivity contribution in [3.05, 3.63) is 57.9 Å². The van der Waals surface area contributed by atoms with Gasteiger partial charge in [0.1, 0.15) is 17.6 Å². The van der Waals surface area contributed by atoms with Gasteiger partial charge in [-0.25, -0.2) is 0 Å². The zero-order chi connectivity index (χ0) is 17.1. The summed E-state index contributed by atoms with van der Waals surface area (Å²) >= 11 is 0. The molecule has 4 rings (SSSR count). The Morgan fingerprint density at radius 3 is 2.76 bits per heavy atom. The minimum absolute atomic E-state index is 0.00650. The lowest BCUT2D eigenvalue weighted by molar-refractivity contribution is 0.000767. The molecule has 0 saturated carbocycles. The third-order valence-corrected chi connectivity index (χ3v) is 5.42. The van der Waals surface area contributed by atoms with Crippen molar-refractivity contribution in [2.24, 2.45) is 0 Å². The molecule has 2 aliphatic rings. The molecular formula is C20H26N2O3. The largest absolute Gasteiger partial charge is 0.462 e. The summed E-state index contributed by atoms with van der Waals surface area (Å²) in [5, 5.41) is 0. The van der Waals surface area contributed by atoms with Crippen molar-refractivity contribution in [3.8, 4) is 0 Å². The second kappa shape index (κ2) is 7.58. The summed E-state index contributed by atoms with van der Waals surface area (Å²) < 4.78 is 11.8. The van der Waals surface area contributed by atoms with Crippen LogP contribution in [-0.2, 0) is 11.3 Å². The Balaban J connectivity index is 1.31. The summed E-state index contributed by atoms with van der Waals surface area (Å²) in [5.41, 5.74) is 1.16. The Bertz CT molecular complexity index is 737. The first-order valence-electron chi connectivity index (χ1n) is 9.39. The van der Waals surface area contributed by atoms with Crippen molar-refractivity contribution in [2.75, 3.05) is 19.7 Å². The number of aromatic nitrogens is 1. The van der Waals surface area contributed by atoms with Crippen molar-refractivity contribution in [2.45, 2.75) is 50.7 Å². The van der Waals surface area contributed by atoms with Gasteiger partial charge < -0.3 is 14.1 Å². The van der Waals surface area contributed by atoms with Gasteiger partial charge in [0.2, 0.25) is 5.56 Å². The molecule has 2 fully saturated rings. The van der Waals surface area contributed by atoms with E-state index in [0.717, 1.165) is 69.0 Å². The zero-order valence-corrected chi connectivity index (χ0v) is 14.6. The highest BCUT2D eigenvalue weighted by Crippen LogP contribution is 2.31. The molecular weight excluding hydrogens is 316 g/mol. The highest BCUT2D eigenvalue weighted by Gasteiger charge is 2.23. The van der Waals surface area contributed by atoms with Crippen molar-refractivity contribution >= 4 is 0 Å². The van der Waals surface area contributed by atoms with E-state index in [1.165, 1.54) is 6.42 Å². The molecule has 1 unspecified atom stereocenters. The number of rotatable bonds is 4. The fourth-order valence-corrected chi connectivity index (χ4v) is 3.98. The van der Waals surface area contributed by atoms with Crippen LogP contribution in [0.5, 0.6) is 0 Å². The molecule has 134 valence electrons. The number of furan rings is 1. The molecule has 0 amide bonds. The van der Waals surface area contributed by atoms with Gasteiger partial charge in [-0.2, -0.15) is 0 Å². The molecule has 5 nitrogen and oxygen atoms in total. The molecule has 0 spiro atoms. The van der Waals surface area contributed by atoms with Crippen LogP contribution in [0, 0.1) is 0 Å². The SMILES string of the molecule is O=c1cc(C2CCN(Cc3ccc(C4CCCCO4)o3)CC2)cc[nH]1. The van der Waals surface area contributed by atoms with E-state index in [9.17, 15) is 4.79 Å². The van der Waals surface area contributed by atoms with Crippen LogP contribution in [0.15, 0.2) is 39.7 Å². The molecule has 2 aromatic heterocycles. The molecule has 2 saturated heterocycles. The highest BCUT2D eigenvalue weighted by molar-refractivity contribution is 5.17. The minimum Gasteiger partial charge on any atom is -0.462 e. The maximum Gasteiger partial charge on any atom is 0.248 e. The van der Waals surface area contributed by atoms with E-state index in [-0.39, 0.29) is 11.7 Å². The maximum atomic E-state index is 11.5. The first kappa shape index (κ1) is 16.6. The summed E-state index contributed by atoms with van der Waals surface area (Å²) in [6.07, 6.45) is 7.51. The Morgan fingerprint density at radius 1 is 1.12 bits per heavy atom. The van der Waals surface area contributed by atoms with Gasteiger partial charge in [0.05, 0.1) is 6.54 Å². The van der Waals surface area contributed by atoms with E-state index < -0.39 is 0 Å². The molecule has 0 bridgehead atoms. The number of ether oxygens (including phenoxy) is 1. The number of nitrogens with zero attached hydrogens (tertiary/aromatic N) is 1. The first-order valence-corrected chi connectivity index (χ1v) is 9.39. The molecule has 2 aromatic rings. The maximum absolute atomic E-state index is 11.5. The van der Waals surface area contributed by atoms with Gasteiger partial charge in [-0.3, -0.25) is 9.69 Å². The van der Waals surface area contributed by atoms with E-state index in [1.807, 2.05) is 6.07 Å². The molecule has 4 heterocycles. The van der Waals surface area contributed by atoms with E-state index in [4.69, 9.17) is 9.15 Å². The van der Waals surface area contributed by atoms with Crippen LogP contribution in [0.4, 0.5) is 0 Å². The fraction of sp³-hybridized carbons (Fsp3) is 0.550. The van der Waals surface area contributed by atoms with Crippen LogP contribution in [0.1, 0.15) is 61.2 Å². The molecule has 0 radical (unpaired) electrons. The van der Waals surface area contributed by atoms with Crippen LogP contribution in [0.25, 0.3) is 0 Å². The predicted molar refractivity (Wildman–Crippen MR) is 95.6 cm³/mol. The zero-order valence-electron chi connectivity index (χ0n) is 14.6. The summed E-state index contributed by atoms with van der Waals surface area (Å²) in [6, 6.07) is 7.94. The van der Waals surface area contributed by atoms with Gasteiger partial charge in [-0.1, -0.05) is 0 Å². The van der Waals surface area contributed by atoms with Crippen LogP contribution in [0.3, 0.4) is 0 Å². The summed E-state index contributed by atoms with van der Waals surface area (Å²) in [6.45, 7) is 3.77. The van der Waals surface area contributed by atoms with Crippen LogP contribution >= 0.6 is 0 Å². The molecule has 2 aliphatic heterocycles. The van der Waals surface area contributed by atoms with E-state index in [1.54, 1.807) is 12.3 Å². The Morgan fingerprint density at radius 2 is 2.00 bits per heavy atom. The normalized spacial score (nSPS) is 23.0. The van der Waals surface area contributed by atoms with Crippen molar-refractivity contribution in [1.29, 1.82) is 0 Å². The molecule has 0 aromatic carbocycles. The van der Waals surface area contributed by atoms with E-state index in [2.05, 4.69) is 22.0 Å². The van der Waals surface area contributed by atoms with E-state index >= 15 is 0 Å². The van der Waals surface area contributed by atoms with Crippen LogP contribution < -0.4 is 5.56 Å². The van der Waals surface area contributed by atoms with Gasteiger partial charge in [0, 0.05) is 18.9 Å². The predicted octanol–water partition coefficient (Wildman–Crippen LogP) is 3.59. The van der Waals surface area contributed by atoms with Crippen molar-refractivity contribution in [1.82, 2.24) is 9.88 Å².